The van der Waals surface area contributed by atoms with Crippen LogP contribution in [0.2, 0.25) is 0 Å². The molecule has 1 aliphatic heterocycles. The first-order valence-corrected chi connectivity index (χ1v) is 15.0. The highest BCUT2D eigenvalue weighted by molar-refractivity contribution is 6.09. The quantitative estimate of drug-likeness (QED) is 0.169. The summed E-state index contributed by atoms with van der Waals surface area (Å²) in [5.41, 5.74) is -0.144. The van der Waals surface area contributed by atoms with Gasteiger partial charge in [0.25, 0.3) is 11.8 Å². The highest BCUT2D eigenvalue weighted by Crippen LogP contribution is 2.47. The fraction of sp³-hybridized carbons (Fsp3) is 0.235. The molecule has 0 bridgehead atoms. The van der Waals surface area contributed by atoms with E-state index in [2.05, 4.69) is 25.6 Å². The molecule has 50 heavy (non-hydrogen) atoms. The zero-order chi connectivity index (χ0) is 36.2. The van der Waals surface area contributed by atoms with Crippen molar-refractivity contribution in [3.8, 4) is 17.0 Å². The Balaban J connectivity index is 1.39. The smallest absolute Gasteiger partial charge is 0.424 e. The number of carbonyl (C=O) groups is 3. The van der Waals surface area contributed by atoms with Crippen molar-refractivity contribution >= 4 is 34.3 Å². The number of hydrogen-bond donors (Lipinski definition) is 4. The number of pyridine rings is 2. The Bertz CT molecular complexity index is 2190. The SMILES string of the molecule is Cc1cnc2c(NC(=O)c3ncc(C)o3)cc(C(=O)NCC(O)(c3cc4c(c(-c5ccc(F)cc5)n3)OC[C@]4(C)C(N)=O)C(F)(F)F)cc2c1. The number of rotatable bonds is 8. The summed E-state index contributed by atoms with van der Waals surface area (Å²) < 4.78 is 69.3. The minimum atomic E-state index is -5.43. The van der Waals surface area contributed by atoms with Crippen LogP contribution in [0.3, 0.4) is 0 Å². The van der Waals surface area contributed by atoms with E-state index < -0.39 is 53.0 Å². The fourth-order valence-corrected chi connectivity index (χ4v) is 5.47. The molecule has 4 heterocycles. The highest BCUT2D eigenvalue weighted by atomic mass is 19.4. The molecule has 6 rings (SSSR count). The van der Waals surface area contributed by atoms with Crippen molar-refractivity contribution in [3.05, 3.63) is 101 Å². The maximum atomic E-state index is 14.9. The van der Waals surface area contributed by atoms with Crippen molar-refractivity contribution in [1.29, 1.82) is 0 Å². The number of aliphatic hydroxyl groups is 1. The van der Waals surface area contributed by atoms with Crippen LogP contribution in [0.15, 0.2) is 65.3 Å². The Morgan fingerprint density at radius 2 is 1.74 bits per heavy atom. The molecule has 12 nitrogen and oxygen atoms in total. The van der Waals surface area contributed by atoms with Crippen molar-refractivity contribution < 1.29 is 46.2 Å². The number of hydrogen-bond acceptors (Lipinski definition) is 9. The molecule has 2 aromatic carbocycles. The number of aryl methyl sites for hydroxylation is 2. The van der Waals surface area contributed by atoms with E-state index in [1.807, 2.05) is 0 Å². The van der Waals surface area contributed by atoms with E-state index in [1.54, 1.807) is 19.9 Å². The van der Waals surface area contributed by atoms with Crippen LogP contribution in [-0.2, 0) is 15.8 Å². The predicted molar refractivity (Wildman–Crippen MR) is 170 cm³/mol. The average Bonchev–Trinajstić information content (AvgIpc) is 3.66. The van der Waals surface area contributed by atoms with E-state index in [4.69, 9.17) is 14.9 Å². The second-order valence-corrected chi connectivity index (χ2v) is 12.1. The van der Waals surface area contributed by atoms with Crippen molar-refractivity contribution in [2.24, 2.45) is 5.73 Å². The molecule has 0 spiro atoms. The summed E-state index contributed by atoms with van der Waals surface area (Å²) in [6.07, 6.45) is -2.57. The number of oxazole rings is 1. The number of fused-ring (bicyclic) bond motifs is 2. The van der Waals surface area contributed by atoms with Gasteiger partial charge in [-0.15, -0.1) is 0 Å². The molecule has 5 N–H and O–H groups in total. The van der Waals surface area contributed by atoms with E-state index in [9.17, 15) is 37.1 Å². The first-order chi connectivity index (χ1) is 23.5. The van der Waals surface area contributed by atoms with E-state index in [1.165, 1.54) is 43.6 Å². The summed E-state index contributed by atoms with van der Waals surface area (Å²) in [6.45, 7) is 2.92. The number of ether oxygens (including phenoxy) is 1. The van der Waals surface area contributed by atoms with Gasteiger partial charge in [-0.1, -0.05) is 0 Å². The molecule has 5 aromatic rings. The summed E-state index contributed by atoms with van der Waals surface area (Å²) in [5.74, 6) is -3.33. The molecule has 0 saturated carbocycles. The second-order valence-electron chi connectivity index (χ2n) is 12.1. The van der Waals surface area contributed by atoms with Crippen LogP contribution in [0.1, 0.15) is 50.5 Å². The number of carbonyl (C=O) groups excluding carboxylic acids is 3. The lowest BCUT2D eigenvalue weighted by molar-refractivity contribution is -0.265. The normalized spacial score (nSPS) is 16.7. The van der Waals surface area contributed by atoms with Crippen molar-refractivity contribution in [1.82, 2.24) is 20.3 Å². The molecule has 0 saturated heterocycles. The maximum absolute atomic E-state index is 14.9. The molecule has 3 amide bonds. The monoisotopic (exact) mass is 692 g/mol. The van der Waals surface area contributed by atoms with Crippen LogP contribution in [0.4, 0.5) is 23.2 Å². The highest BCUT2D eigenvalue weighted by Gasteiger charge is 2.57. The number of primary amides is 1. The molecule has 2 atom stereocenters. The van der Waals surface area contributed by atoms with Gasteiger partial charge in [-0.3, -0.25) is 19.4 Å². The van der Waals surface area contributed by atoms with Gasteiger partial charge in [0.1, 0.15) is 35.0 Å². The second kappa shape index (κ2) is 12.2. The van der Waals surface area contributed by atoms with Crippen LogP contribution < -0.4 is 21.1 Å². The standard InChI is InChI=1S/C34H28F4N6O6/c1-16-8-19-9-20(10-23(25(19)40-12-16)43-29(46)30-41-13-17(2)50-30)28(45)42-14-33(48,34(36,37)38)24-11-22-27(49-15-32(22,3)31(39)47)26(44-24)18-4-6-21(35)7-5-18/h4-13,48H,14-15H2,1-3H3,(H2,39,47)(H,42,45)(H,43,46)/t32-,33?/m0/s1. The Kier molecular flexibility index (Phi) is 8.30. The van der Waals surface area contributed by atoms with Crippen LogP contribution in [-0.4, -0.2) is 57.1 Å². The Hall–Kier alpha value is -5.90. The lowest BCUT2D eigenvalue weighted by Gasteiger charge is -2.31. The molecule has 1 aliphatic rings. The molecule has 1 unspecified atom stereocenters. The van der Waals surface area contributed by atoms with Crippen molar-refractivity contribution in [2.45, 2.75) is 38.0 Å². The van der Waals surface area contributed by atoms with Crippen LogP contribution in [0.5, 0.6) is 5.75 Å². The molecule has 0 radical (unpaired) electrons. The van der Waals surface area contributed by atoms with Crippen LogP contribution >= 0.6 is 0 Å². The summed E-state index contributed by atoms with van der Waals surface area (Å²) in [5, 5.41) is 16.4. The van der Waals surface area contributed by atoms with Crippen LogP contribution in [0.25, 0.3) is 22.2 Å². The average molecular weight is 693 g/mol. The number of nitrogens with two attached hydrogens (primary N) is 1. The van der Waals surface area contributed by atoms with Gasteiger partial charge in [-0.25, -0.2) is 14.4 Å². The third-order valence-corrected chi connectivity index (χ3v) is 8.38. The van der Waals surface area contributed by atoms with E-state index in [0.29, 0.717) is 16.7 Å². The van der Waals surface area contributed by atoms with Gasteiger partial charge in [0.15, 0.2) is 0 Å². The number of nitrogens with zero attached hydrogens (tertiary/aromatic N) is 3. The number of amides is 3. The zero-order valence-electron chi connectivity index (χ0n) is 26.6. The van der Waals surface area contributed by atoms with Gasteiger partial charge in [0, 0.05) is 28.3 Å². The third kappa shape index (κ3) is 5.97. The minimum Gasteiger partial charge on any atom is -0.489 e. The third-order valence-electron chi connectivity index (χ3n) is 8.38. The van der Waals surface area contributed by atoms with Crippen molar-refractivity contribution in [2.75, 3.05) is 18.5 Å². The summed E-state index contributed by atoms with van der Waals surface area (Å²) in [6, 6.07) is 9.68. The number of benzene rings is 2. The summed E-state index contributed by atoms with van der Waals surface area (Å²) in [4.78, 5) is 51.1. The lowest BCUT2D eigenvalue weighted by Crippen LogP contribution is -2.51. The number of nitrogens with one attached hydrogen (secondary N) is 2. The van der Waals surface area contributed by atoms with Gasteiger partial charge in [-0.05, 0) is 74.9 Å². The molecular weight excluding hydrogens is 664 g/mol. The zero-order valence-corrected chi connectivity index (χ0v) is 26.6. The Labute approximate surface area is 280 Å². The predicted octanol–water partition coefficient (Wildman–Crippen LogP) is 4.61. The Morgan fingerprint density at radius 3 is 2.38 bits per heavy atom. The van der Waals surface area contributed by atoms with Crippen LogP contribution in [0, 0.1) is 19.7 Å². The summed E-state index contributed by atoms with van der Waals surface area (Å²) in [7, 11) is 0. The fourth-order valence-electron chi connectivity index (χ4n) is 5.47. The molecular formula is C34H28F4N6O6. The van der Waals surface area contributed by atoms with Gasteiger partial charge in [0.2, 0.25) is 11.5 Å². The maximum Gasteiger partial charge on any atom is 0.424 e. The van der Waals surface area contributed by atoms with Crippen molar-refractivity contribution in [3.63, 3.8) is 0 Å². The first kappa shape index (κ1) is 34.0. The van der Waals surface area contributed by atoms with Gasteiger partial charge in [0.05, 0.1) is 29.6 Å². The first-order valence-electron chi connectivity index (χ1n) is 15.0. The van der Waals surface area contributed by atoms with E-state index in [0.717, 1.165) is 18.2 Å². The summed E-state index contributed by atoms with van der Waals surface area (Å²) >= 11 is 0. The Morgan fingerprint density at radius 1 is 1.02 bits per heavy atom. The molecule has 258 valence electrons. The topological polar surface area (TPSA) is 183 Å². The molecule has 16 heteroatoms. The largest absolute Gasteiger partial charge is 0.489 e. The number of alkyl halides is 3. The van der Waals surface area contributed by atoms with Gasteiger partial charge in [-0.2, -0.15) is 13.2 Å². The van der Waals surface area contributed by atoms with E-state index >= 15 is 0 Å². The minimum absolute atomic E-state index is 0.0366. The number of aromatic nitrogens is 3. The van der Waals surface area contributed by atoms with Gasteiger partial charge < -0.3 is 30.6 Å². The molecule has 0 aliphatic carbocycles. The van der Waals surface area contributed by atoms with E-state index in [-0.39, 0.29) is 51.8 Å². The van der Waals surface area contributed by atoms with Gasteiger partial charge >= 0.3 is 12.1 Å². The number of halogens is 4. The lowest BCUT2D eigenvalue weighted by atomic mass is 9.81. The molecule has 3 aromatic heterocycles. The number of anilines is 1. The molecule has 0 fully saturated rings.